The maximum absolute atomic E-state index is 13.3. The molecule has 0 heterocycles. The van der Waals surface area contributed by atoms with Gasteiger partial charge in [-0.25, -0.2) is 4.39 Å². The van der Waals surface area contributed by atoms with Crippen molar-refractivity contribution in [1.29, 1.82) is 5.26 Å². The lowest BCUT2D eigenvalue weighted by atomic mass is 10.1. The standard InChI is InChI=1S/C10H7BrFNO2/c1-15-10(14)3-6-2-7(11)4-9(12)8(6)5-13/h2,4H,3H2,1H3. The highest BCUT2D eigenvalue weighted by Crippen LogP contribution is 2.20. The highest BCUT2D eigenvalue weighted by atomic mass is 79.9. The Morgan fingerprint density at radius 3 is 2.87 bits per heavy atom. The van der Waals surface area contributed by atoms with E-state index in [-0.39, 0.29) is 12.0 Å². The van der Waals surface area contributed by atoms with Gasteiger partial charge in [0.05, 0.1) is 19.1 Å². The van der Waals surface area contributed by atoms with E-state index < -0.39 is 11.8 Å². The second-order valence-corrected chi connectivity index (χ2v) is 3.70. The molecular weight excluding hydrogens is 265 g/mol. The Labute approximate surface area is 94.6 Å². The number of halogens is 2. The Kier molecular flexibility index (Phi) is 3.81. The number of carbonyl (C=O) groups is 1. The molecule has 78 valence electrons. The van der Waals surface area contributed by atoms with Crippen LogP contribution in [0.1, 0.15) is 11.1 Å². The molecule has 3 nitrogen and oxygen atoms in total. The molecule has 0 saturated heterocycles. The Morgan fingerprint density at radius 1 is 1.67 bits per heavy atom. The fourth-order valence-corrected chi connectivity index (χ4v) is 1.60. The first-order valence-corrected chi connectivity index (χ1v) is 4.82. The van der Waals surface area contributed by atoms with Gasteiger partial charge in [-0.15, -0.1) is 0 Å². The number of methoxy groups -OCH3 is 1. The van der Waals surface area contributed by atoms with Gasteiger partial charge in [0.1, 0.15) is 11.9 Å². The van der Waals surface area contributed by atoms with Gasteiger partial charge in [-0.3, -0.25) is 4.79 Å². The minimum Gasteiger partial charge on any atom is -0.469 e. The first kappa shape index (κ1) is 11.7. The average Bonchev–Trinajstić information content (AvgIpc) is 2.17. The lowest BCUT2D eigenvalue weighted by Crippen LogP contribution is -2.07. The predicted octanol–water partition coefficient (Wildman–Crippen LogP) is 2.18. The van der Waals surface area contributed by atoms with Crippen LogP contribution in [-0.4, -0.2) is 13.1 Å². The minimum absolute atomic E-state index is 0.115. The van der Waals surface area contributed by atoms with E-state index in [4.69, 9.17) is 5.26 Å². The van der Waals surface area contributed by atoms with E-state index in [1.807, 2.05) is 0 Å². The van der Waals surface area contributed by atoms with Gasteiger partial charge < -0.3 is 4.74 Å². The Hall–Kier alpha value is -1.41. The van der Waals surface area contributed by atoms with Crippen molar-refractivity contribution in [3.8, 4) is 6.07 Å². The molecule has 0 aliphatic rings. The summed E-state index contributed by atoms with van der Waals surface area (Å²) in [4.78, 5) is 11.0. The van der Waals surface area contributed by atoms with Crippen LogP contribution >= 0.6 is 15.9 Å². The summed E-state index contributed by atoms with van der Waals surface area (Å²) in [6, 6.07) is 4.42. The number of benzene rings is 1. The van der Waals surface area contributed by atoms with Gasteiger partial charge in [-0.1, -0.05) is 15.9 Å². The summed E-state index contributed by atoms with van der Waals surface area (Å²) in [6.45, 7) is 0. The molecule has 0 N–H and O–H groups in total. The maximum Gasteiger partial charge on any atom is 0.310 e. The number of carbonyl (C=O) groups excluding carboxylic acids is 1. The Morgan fingerprint density at radius 2 is 2.33 bits per heavy atom. The molecule has 0 aromatic heterocycles. The normalized spacial score (nSPS) is 9.47. The highest BCUT2D eigenvalue weighted by molar-refractivity contribution is 9.10. The number of hydrogen-bond acceptors (Lipinski definition) is 3. The van der Waals surface area contributed by atoms with Crippen LogP contribution in [0.5, 0.6) is 0 Å². The third-order valence-corrected chi connectivity index (χ3v) is 2.27. The van der Waals surface area contributed by atoms with Crippen LogP contribution < -0.4 is 0 Å². The third-order valence-electron chi connectivity index (χ3n) is 1.81. The molecule has 0 atom stereocenters. The number of hydrogen-bond donors (Lipinski definition) is 0. The summed E-state index contributed by atoms with van der Waals surface area (Å²) in [5.41, 5.74) is 0.194. The second kappa shape index (κ2) is 4.89. The van der Waals surface area contributed by atoms with Gasteiger partial charge >= 0.3 is 5.97 Å². The summed E-state index contributed by atoms with van der Waals surface area (Å²) in [5.74, 6) is -1.16. The summed E-state index contributed by atoms with van der Waals surface area (Å²) in [6.07, 6.45) is -0.115. The molecule has 0 fully saturated rings. The summed E-state index contributed by atoms with van der Waals surface area (Å²) in [5, 5.41) is 8.72. The maximum atomic E-state index is 13.3. The van der Waals surface area contributed by atoms with Crippen LogP contribution in [0.4, 0.5) is 4.39 Å². The summed E-state index contributed by atoms with van der Waals surface area (Å²) < 4.78 is 18.2. The fourth-order valence-electron chi connectivity index (χ4n) is 1.12. The third kappa shape index (κ3) is 2.77. The average molecular weight is 272 g/mol. The molecule has 0 spiro atoms. The van der Waals surface area contributed by atoms with Crippen molar-refractivity contribution in [2.75, 3.05) is 7.11 Å². The molecular formula is C10H7BrFNO2. The number of rotatable bonds is 2. The molecule has 0 saturated carbocycles. The first-order valence-electron chi connectivity index (χ1n) is 4.03. The van der Waals surface area contributed by atoms with Crippen molar-refractivity contribution in [3.63, 3.8) is 0 Å². The molecule has 1 rings (SSSR count). The van der Waals surface area contributed by atoms with Crippen LogP contribution in [0.3, 0.4) is 0 Å². The highest BCUT2D eigenvalue weighted by Gasteiger charge is 2.13. The monoisotopic (exact) mass is 271 g/mol. The molecule has 15 heavy (non-hydrogen) atoms. The van der Waals surface area contributed by atoms with E-state index in [2.05, 4.69) is 20.7 Å². The first-order chi connectivity index (χ1) is 7.08. The van der Waals surface area contributed by atoms with Crippen LogP contribution in [0, 0.1) is 17.1 Å². The number of esters is 1. The van der Waals surface area contributed by atoms with Crippen molar-refractivity contribution < 1.29 is 13.9 Å². The van der Waals surface area contributed by atoms with E-state index in [9.17, 15) is 9.18 Å². The Bertz CT molecular complexity index is 440. The van der Waals surface area contributed by atoms with Crippen molar-refractivity contribution >= 4 is 21.9 Å². The molecule has 0 radical (unpaired) electrons. The van der Waals surface area contributed by atoms with Crippen LogP contribution in [0.25, 0.3) is 0 Å². The number of nitriles is 1. The van der Waals surface area contributed by atoms with Gasteiger partial charge in [0.2, 0.25) is 0 Å². The lowest BCUT2D eigenvalue weighted by Gasteiger charge is -2.04. The van der Waals surface area contributed by atoms with E-state index in [0.29, 0.717) is 10.0 Å². The molecule has 0 aliphatic carbocycles. The zero-order valence-corrected chi connectivity index (χ0v) is 9.47. The van der Waals surface area contributed by atoms with E-state index >= 15 is 0 Å². The van der Waals surface area contributed by atoms with Crippen molar-refractivity contribution in [2.24, 2.45) is 0 Å². The van der Waals surface area contributed by atoms with Crippen LogP contribution in [0.2, 0.25) is 0 Å². The van der Waals surface area contributed by atoms with E-state index in [1.165, 1.54) is 19.2 Å². The van der Waals surface area contributed by atoms with Crippen LogP contribution in [0.15, 0.2) is 16.6 Å². The molecule has 0 bridgehead atoms. The predicted molar refractivity (Wildman–Crippen MR) is 54.5 cm³/mol. The van der Waals surface area contributed by atoms with Gasteiger partial charge in [0.25, 0.3) is 0 Å². The smallest absolute Gasteiger partial charge is 0.310 e. The van der Waals surface area contributed by atoms with E-state index in [1.54, 1.807) is 6.07 Å². The van der Waals surface area contributed by atoms with Gasteiger partial charge in [0, 0.05) is 4.47 Å². The topological polar surface area (TPSA) is 50.1 Å². The van der Waals surface area contributed by atoms with Gasteiger partial charge in [-0.2, -0.15) is 5.26 Å². The summed E-state index contributed by atoms with van der Waals surface area (Å²) in [7, 11) is 1.24. The molecule has 0 amide bonds. The molecule has 0 aliphatic heterocycles. The molecule has 0 unspecified atom stereocenters. The fraction of sp³-hybridized carbons (Fsp3) is 0.200. The SMILES string of the molecule is COC(=O)Cc1cc(Br)cc(F)c1C#N. The quantitative estimate of drug-likeness (QED) is 0.775. The molecule has 5 heteroatoms. The lowest BCUT2D eigenvalue weighted by molar-refractivity contribution is -0.139. The zero-order valence-electron chi connectivity index (χ0n) is 7.88. The van der Waals surface area contributed by atoms with Gasteiger partial charge in [0.15, 0.2) is 0 Å². The largest absolute Gasteiger partial charge is 0.469 e. The van der Waals surface area contributed by atoms with E-state index in [0.717, 1.165) is 0 Å². The zero-order chi connectivity index (χ0) is 11.4. The van der Waals surface area contributed by atoms with Crippen molar-refractivity contribution in [3.05, 3.63) is 33.5 Å². The van der Waals surface area contributed by atoms with Gasteiger partial charge in [-0.05, 0) is 17.7 Å². The van der Waals surface area contributed by atoms with Crippen molar-refractivity contribution in [1.82, 2.24) is 0 Å². The Balaban J connectivity index is 3.16. The van der Waals surface area contributed by atoms with Crippen LogP contribution in [-0.2, 0) is 16.0 Å². The molecule has 1 aromatic carbocycles. The molecule has 1 aromatic rings. The van der Waals surface area contributed by atoms with Crippen molar-refractivity contribution in [2.45, 2.75) is 6.42 Å². The number of ether oxygens (including phenoxy) is 1. The second-order valence-electron chi connectivity index (χ2n) is 2.79. The summed E-state index contributed by atoms with van der Waals surface area (Å²) >= 11 is 3.09. The minimum atomic E-state index is -0.647. The number of nitrogens with zero attached hydrogens (tertiary/aromatic N) is 1.